The molecule has 94 valence electrons. The molecule has 0 heterocycles. The van der Waals surface area contributed by atoms with Crippen LogP contribution in [0.3, 0.4) is 0 Å². The van der Waals surface area contributed by atoms with E-state index in [0.29, 0.717) is 5.75 Å². The van der Waals surface area contributed by atoms with Gasteiger partial charge in [-0.05, 0) is 30.7 Å². The molecular weight excluding hydrogens is 222 g/mol. The highest BCUT2D eigenvalue weighted by Crippen LogP contribution is 2.13. The van der Waals surface area contributed by atoms with Crippen molar-refractivity contribution in [3.8, 4) is 5.75 Å². The molecule has 0 spiro atoms. The van der Waals surface area contributed by atoms with Gasteiger partial charge in [-0.3, -0.25) is 0 Å². The number of methoxy groups -OCH3 is 1. The number of ether oxygens (including phenoxy) is 2. The van der Waals surface area contributed by atoms with E-state index in [1.165, 1.54) is 0 Å². The van der Waals surface area contributed by atoms with Crippen LogP contribution in [0.25, 0.3) is 0 Å². The van der Waals surface area contributed by atoms with Gasteiger partial charge in [-0.1, -0.05) is 12.1 Å². The van der Waals surface area contributed by atoms with E-state index in [1.54, 1.807) is 25.3 Å². The number of hydrogen-bond acceptors (Lipinski definition) is 5. The molecule has 0 saturated carbocycles. The molecule has 0 aromatic heterocycles. The molecule has 17 heavy (non-hydrogen) atoms. The highest BCUT2D eigenvalue weighted by Gasteiger charge is 2.15. The Balaban J connectivity index is 2.46. The Labute approximate surface area is 100 Å². The molecule has 0 bridgehead atoms. The molecule has 1 unspecified atom stereocenters. The maximum atomic E-state index is 11.3. The number of rotatable bonds is 6. The Kier molecular flexibility index (Phi) is 5.45. The predicted octanol–water partition coefficient (Wildman–Crippen LogP) is 0.448. The second-order valence-electron chi connectivity index (χ2n) is 3.55. The van der Waals surface area contributed by atoms with Crippen LogP contribution >= 0.6 is 0 Å². The molecular formula is C12H17NO4. The van der Waals surface area contributed by atoms with E-state index >= 15 is 0 Å². The molecule has 0 radical (unpaired) electrons. The van der Waals surface area contributed by atoms with Crippen LogP contribution in [-0.4, -0.2) is 30.8 Å². The molecule has 0 fully saturated rings. The number of aliphatic hydroxyl groups is 1. The standard InChI is InChI=1S/C12H17NO4/c1-16-10-4-2-3-9(7-10)8-17-12(15)11(14)5-6-13/h2-4,7,11,14H,5-6,8,13H2,1H3. The van der Waals surface area contributed by atoms with Gasteiger partial charge in [0.05, 0.1) is 7.11 Å². The topological polar surface area (TPSA) is 81.8 Å². The summed E-state index contributed by atoms with van der Waals surface area (Å²) < 4.78 is 9.98. The van der Waals surface area contributed by atoms with Gasteiger partial charge in [0.2, 0.25) is 0 Å². The number of carbonyl (C=O) groups is 1. The van der Waals surface area contributed by atoms with Gasteiger partial charge in [-0.2, -0.15) is 0 Å². The van der Waals surface area contributed by atoms with Crippen molar-refractivity contribution >= 4 is 5.97 Å². The van der Waals surface area contributed by atoms with Crippen molar-refractivity contribution in [2.75, 3.05) is 13.7 Å². The van der Waals surface area contributed by atoms with Crippen LogP contribution in [0.1, 0.15) is 12.0 Å². The predicted molar refractivity (Wildman–Crippen MR) is 62.5 cm³/mol. The van der Waals surface area contributed by atoms with Crippen molar-refractivity contribution in [2.24, 2.45) is 5.73 Å². The molecule has 1 rings (SSSR count). The summed E-state index contributed by atoms with van der Waals surface area (Å²) in [5.41, 5.74) is 6.03. The van der Waals surface area contributed by atoms with Crippen molar-refractivity contribution in [3.05, 3.63) is 29.8 Å². The second kappa shape index (κ2) is 6.88. The number of nitrogens with two attached hydrogens (primary N) is 1. The van der Waals surface area contributed by atoms with Crippen molar-refractivity contribution in [1.29, 1.82) is 0 Å². The van der Waals surface area contributed by atoms with Crippen LogP contribution in [0.2, 0.25) is 0 Å². The van der Waals surface area contributed by atoms with E-state index in [9.17, 15) is 9.90 Å². The minimum atomic E-state index is -1.15. The summed E-state index contributed by atoms with van der Waals surface area (Å²) in [5.74, 6) is 0.0410. The Morgan fingerprint density at radius 2 is 2.29 bits per heavy atom. The summed E-state index contributed by atoms with van der Waals surface area (Å²) >= 11 is 0. The normalized spacial score (nSPS) is 11.9. The molecule has 5 heteroatoms. The first-order valence-corrected chi connectivity index (χ1v) is 5.35. The molecule has 3 N–H and O–H groups in total. The quantitative estimate of drug-likeness (QED) is 0.704. The van der Waals surface area contributed by atoms with Crippen LogP contribution < -0.4 is 10.5 Å². The highest BCUT2D eigenvalue weighted by molar-refractivity contribution is 5.74. The zero-order valence-corrected chi connectivity index (χ0v) is 9.76. The molecule has 1 atom stereocenters. The van der Waals surface area contributed by atoms with Crippen LogP contribution in [0.15, 0.2) is 24.3 Å². The lowest BCUT2D eigenvalue weighted by molar-refractivity contribution is -0.155. The summed E-state index contributed by atoms with van der Waals surface area (Å²) in [7, 11) is 1.57. The van der Waals surface area contributed by atoms with E-state index in [4.69, 9.17) is 15.2 Å². The number of benzene rings is 1. The molecule has 0 aliphatic rings. The third-order valence-electron chi connectivity index (χ3n) is 2.23. The van der Waals surface area contributed by atoms with E-state index in [1.807, 2.05) is 6.07 Å². The fourth-order valence-corrected chi connectivity index (χ4v) is 1.29. The van der Waals surface area contributed by atoms with E-state index in [-0.39, 0.29) is 19.6 Å². The summed E-state index contributed by atoms with van der Waals surface area (Å²) in [6, 6.07) is 7.18. The van der Waals surface area contributed by atoms with E-state index < -0.39 is 12.1 Å². The second-order valence-corrected chi connectivity index (χ2v) is 3.55. The van der Waals surface area contributed by atoms with Crippen LogP contribution in [0.5, 0.6) is 5.75 Å². The summed E-state index contributed by atoms with van der Waals surface area (Å²) in [4.78, 5) is 11.3. The molecule has 5 nitrogen and oxygen atoms in total. The smallest absolute Gasteiger partial charge is 0.335 e. The fourth-order valence-electron chi connectivity index (χ4n) is 1.29. The SMILES string of the molecule is COc1cccc(COC(=O)C(O)CCN)c1. The monoisotopic (exact) mass is 239 g/mol. The maximum absolute atomic E-state index is 11.3. The van der Waals surface area contributed by atoms with Crippen LogP contribution in [0, 0.1) is 0 Å². The number of esters is 1. The fraction of sp³-hybridized carbons (Fsp3) is 0.417. The molecule has 1 aromatic carbocycles. The van der Waals surface area contributed by atoms with Crippen molar-refractivity contribution < 1.29 is 19.4 Å². The first-order valence-electron chi connectivity index (χ1n) is 5.35. The molecule has 0 saturated heterocycles. The molecule has 1 aromatic rings. The van der Waals surface area contributed by atoms with Crippen LogP contribution in [0.4, 0.5) is 0 Å². The molecule has 0 aliphatic heterocycles. The summed E-state index contributed by atoms with van der Waals surface area (Å²) in [5, 5.41) is 9.32. The van der Waals surface area contributed by atoms with Crippen molar-refractivity contribution in [3.63, 3.8) is 0 Å². The van der Waals surface area contributed by atoms with Gasteiger partial charge in [0, 0.05) is 0 Å². The Morgan fingerprint density at radius 3 is 2.94 bits per heavy atom. The zero-order chi connectivity index (χ0) is 12.7. The van der Waals surface area contributed by atoms with Gasteiger partial charge in [0.1, 0.15) is 12.4 Å². The third-order valence-corrected chi connectivity index (χ3v) is 2.23. The van der Waals surface area contributed by atoms with Crippen molar-refractivity contribution in [1.82, 2.24) is 0 Å². The minimum absolute atomic E-state index is 0.109. The lowest BCUT2D eigenvalue weighted by Crippen LogP contribution is -2.25. The van der Waals surface area contributed by atoms with Gasteiger partial charge in [-0.25, -0.2) is 4.79 Å². The minimum Gasteiger partial charge on any atom is -0.497 e. The van der Waals surface area contributed by atoms with Crippen LogP contribution in [-0.2, 0) is 16.1 Å². The first kappa shape index (κ1) is 13.5. The lowest BCUT2D eigenvalue weighted by Gasteiger charge is -2.10. The average molecular weight is 239 g/mol. The number of hydrogen-bond donors (Lipinski definition) is 2. The number of carbonyl (C=O) groups excluding carboxylic acids is 1. The number of aliphatic hydroxyl groups excluding tert-OH is 1. The highest BCUT2D eigenvalue weighted by atomic mass is 16.5. The third kappa shape index (κ3) is 4.42. The zero-order valence-electron chi connectivity index (χ0n) is 9.76. The summed E-state index contributed by atoms with van der Waals surface area (Å²) in [6.45, 7) is 0.354. The van der Waals surface area contributed by atoms with E-state index in [2.05, 4.69) is 0 Å². The lowest BCUT2D eigenvalue weighted by atomic mass is 10.2. The molecule has 0 amide bonds. The van der Waals surface area contributed by atoms with E-state index in [0.717, 1.165) is 5.56 Å². The van der Waals surface area contributed by atoms with Gasteiger partial charge in [-0.15, -0.1) is 0 Å². The summed E-state index contributed by atoms with van der Waals surface area (Å²) in [6.07, 6.45) is -0.942. The van der Waals surface area contributed by atoms with Gasteiger partial charge in [0.25, 0.3) is 0 Å². The largest absolute Gasteiger partial charge is 0.497 e. The Morgan fingerprint density at radius 1 is 1.53 bits per heavy atom. The van der Waals surface area contributed by atoms with Crippen molar-refractivity contribution in [2.45, 2.75) is 19.1 Å². The van der Waals surface area contributed by atoms with Gasteiger partial charge < -0.3 is 20.3 Å². The Bertz CT molecular complexity index is 367. The Hall–Kier alpha value is -1.59. The first-order chi connectivity index (χ1) is 8.17. The molecule has 0 aliphatic carbocycles. The van der Waals surface area contributed by atoms with Gasteiger partial charge >= 0.3 is 5.97 Å². The average Bonchev–Trinajstić information content (AvgIpc) is 2.36. The maximum Gasteiger partial charge on any atom is 0.335 e. The van der Waals surface area contributed by atoms with Gasteiger partial charge in [0.15, 0.2) is 6.10 Å².